The molecule has 61 heavy (non-hydrogen) atoms. The zero-order valence-corrected chi connectivity index (χ0v) is 34.6. The topological polar surface area (TPSA) is 30.7 Å². The van der Waals surface area contributed by atoms with E-state index in [0.29, 0.717) is 0 Å². The van der Waals surface area contributed by atoms with Gasteiger partial charge < -0.3 is 4.57 Å². The Hall–Kier alpha value is -7.36. The molecule has 0 saturated heterocycles. The van der Waals surface area contributed by atoms with Gasteiger partial charge in [0.1, 0.15) is 0 Å². The molecule has 2 heterocycles. The first-order valence-corrected chi connectivity index (χ1v) is 21.4. The van der Waals surface area contributed by atoms with Crippen molar-refractivity contribution in [2.75, 3.05) is 0 Å². The van der Waals surface area contributed by atoms with E-state index in [2.05, 4.69) is 208 Å². The van der Waals surface area contributed by atoms with Crippen molar-refractivity contribution in [1.29, 1.82) is 0 Å². The monoisotopic (exact) mass is 779 g/mol. The number of aromatic nitrogens is 3. The lowest BCUT2D eigenvalue weighted by molar-refractivity contribution is 0.660. The lowest BCUT2D eigenvalue weighted by Crippen LogP contribution is -2.15. The number of hydrogen-bond donors (Lipinski definition) is 0. The van der Waals surface area contributed by atoms with Crippen molar-refractivity contribution >= 4 is 54.3 Å². The van der Waals surface area contributed by atoms with Gasteiger partial charge in [-0.3, -0.25) is 0 Å². The van der Waals surface area contributed by atoms with E-state index in [1.54, 1.807) is 0 Å². The van der Waals surface area contributed by atoms with Gasteiger partial charge in [-0.05, 0) is 109 Å². The van der Waals surface area contributed by atoms with Crippen LogP contribution in [0.3, 0.4) is 0 Å². The summed E-state index contributed by atoms with van der Waals surface area (Å²) in [5, 5.41) is 8.58. The predicted octanol–water partition coefficient (Wildman–Crippen LogP) is 15.0. The molecule has 2 aromatic heterocycles. The molecular formula is C58H41N3. The quantitative estimate of drug-likeness (QED) is 0.179. The maximum Gasteiger partial charge on any atom is 0.160 e. The van der Waals surface area contributed by atoms with E-state index < -0.39 is 0 Å². The Balaban J connectivity index is 1.07. The first kappa shape index (κ1) is 34.5. The maximum atomic E-state index is 5.59. The van der Waals surface area contributed by atoms with Crippen LogP contribution < -0.4 is 0 Å². The smallest absolute Gasteiger partial charge is 0.160 e. The van der Waals surface area contributed by atoms with Gasteiger partial charge in [-0.15, -0.1) is 0 Å². The first-order chi connectivity index (χ1) is 29.8. The van der Waals surface area contributed by atoms with Gasteiger partial charge in [0.25, 0.3) is 0 Å². The van der Waals surface area contributed by atoms with Crippen LogP contribution in [0.4, 0.5) is 0 Å². The van der Waals surface area contributed by atoms with Crippen molar-refractivity contribution in [3.05, 3.63) is 198 Å². The molecule has 0 radical (unpaired) electrons. The summed E-state index contributed by atoms with van der Waals surface area (Å²) in [5.41, 5.74) is 17.8. The van der Waals surface area contributed by atoms with Crippen LogP contribution in [-0.4, -0.2) is 14.5 Å². The van der Waals surface area contributed by atoms with Crippen molar-refractivity contribution < 1.29 is 0 Å². The second-order valence-electron chi connectivity index (χ2n) is 18.2. The Labute approximate surface area is 354 Å². The second kappa shape index (κ2) is 12.1. The summed E-state index contributed by atoms with van der Waals surface area (Å²) in [6.07, 6.45) is 0. The molecule has 0 aliphatic heterocycles. The van der Waals surface area contributed by atoms with Gasteiger partial charge in [0.2, 0.25) is 0 Å². The van der Waals surface area contributed by atoms with E-state index in [9.17, 15) is 0 Å². The third kappa shape index (κ3) is 4.69. The molecule has 13 rings (SSSR count). The summed E-state index contributed by atoms with van der Waals surface area (Å²) < 4.78 is 2.45. The third-order valence-corrected chi connectivity index (χ3v) is 14.2. The van der Waals surface area contributed by atoms with Crippen LogP contribution in [0.5, 0.6) is 0 Å². The highest BCUT2D eigenvalue weighted by Gasteiger charge is 2.37. The number of nitrogens with zero attached hydrogens (tertiary/aromatic N) is 3. The summed E-state index contributed by atoms with van der Waals surface area (Å²) in [6.45, 7) is 9.37. The number of fused-ring (bicyclic) bond motifs is 14. The van der Waals surface area contributed by atoms with Crippen LogP contribution in [0.25, 0.3) is 105 Å². The summed E-state index contributed by atoms with van der Waals surface area (Å²) in [6, 6.07) is 64.9. The van der Waals surface area contributed by atoms with Gasteiger partial charge in [-0.1, -0.05) is 161 Å². The van der Waals surface area contributed by atoms with Crippen molar-refractivity contribution in [3.8, 4) is 50.6 Å². The normalized spacial score (nSPS) is 14.5. The zero-order valence-electron chi connectivity index (χ0n) is 34.6. The number of hydrogen-bond acceptors (Lipinski definition) is 2. The van der Waals surface area contributed by atoms with E-state index in [4.69, 9.17) is 9.97 Å². The van der Waals surface area contributed by atoms with Crippen LogP contribution in [0.2, 0.25) is 0 Å². The fraction of sp³-hybridized carbons (Fsp3) is 0.103. The number of rotatable bonds is 3. The SMILES string of the molecule is CC1(C)c2ccccc2-c2ccc(-c3nc(-c4ccc5c(c4)C(C)(C)c4ccccc4-5)c4cc(-n5c6ccc7ccccc7c6c6c7ccccc7ccc65)ccc4n3)cc21. The summed E-state index contributed by atoms with van der Waals surface area (Å²) in [5.74, 6) is 0.739. The standard InChI is InChI=1S/C58H41N3/c1-57(2)46-19-11-9-17-41(46)43-26-21-36(31-48(43)57)55-45-33-38(25-28-50(45)59-56(60-55)37-22-27-44-42-18-10-12-20-47(42)58(3,4)49(44)32-37)61-51-29-23-34-13-5-7-15-39(34)53(51)54-40-16-8-6-14-35(40)24-30-52(54)61/h5-33H,1-4H3. The predicted molar refractivity (Wildman–Crippen MR) is 255 cm³/mol. The van der Waals surface area contributed by atoms with Crippen LogP contribution in [0.15, 0.2) is 176 Å². The van der Waals surface area contributed by atoms with Gasteiger partial charge in [0.15, 0.2) is 5.82 Å². The Kier molecular flexibility index (Phi) is 6.85. The van der Waals surface area contributed by atoms with Crippen molar-refractivity contribution in [2.24, 2.45) is 0 Å². The highest BCUT2D eigenvalue weighted by Crippen LogP contribution is 2.51. The third-order valence-electron chi connectivity index (χ3n) is 14.2. The molecule has 0 atom stereocenters. The maximum absolute atomic E-state index is 5.59. The fourth-order valence-electron chi connectivity index (χ4n) is 11.1. The Morgan fingerprint density at radius 2 is 0.902 bits per heavy atom. The molecule has 11 aromatic rings. The van der Waals surface area contributed by atoms with E-state index in [1.165, 1.54) is 87.9 Å². The molecule has 0 amide bonds. The van der Waals surface area contributed by atoms with Gasteiger partial charge in [0, 0.05) is 43.8 Å². The minimum atomic E-state index is -0.145. The molecule has 0 bridgehead atoms. The van der Waals surface area contributed by atoms with E-state index in [1.807, 2.05) is 0 Å². The van der Waals surface area contributed by atoms with Gasteiger partial charge in [0.05, 0.1) is 22.2 Å². The molecule has 0 fully saturated rings. The molecular weight excluding hydrogens is 739 g/mol. The molecule has 0 unspecified atom stereocenters. The molecule has 0 N–H and O–H groups in total. The van der Waals surface area contributed by atoms with E-state index >= 15 is 0 Å². The van der Waals surface area contributed by atoms with Gasteiger partial charge in [-0.25, -0.2) is 9.97 Å². The molecule has 2 aliphatic rings. The average molecular weight is 780 g/mol. The Morgan fingerprint density at radius 1 is 0.393 bits per heavy atom. The molecule has 2 aliphatic carbocycles. The highest BCUT2D eigenvalue weighted by molar-refractivity contribution is 6.28. The van der Waals surface area contributed by atoms with Crippen LogP contribution in [-0.2, 0) is 10.8 Å². The van der Waals surface area contributed by atoms with Crippen molar-refractivity contribution in [3.63, 3.8) is 0 Å². The van der Waals surface area contributed by atoms with Crippen LogP contribution in [0, 0.1) is 0 Å². The zero-order chi connectivity index (χ0) is 40.8. The van der Waals surface area contributed by atoms with Crippen molar-refractivity contribution in [2.45, 2.75) is 38.5 Å². The van der Waals surface area contributed by atoms with Crippen LogP contribution >= 0.6 is 0 Å². The average Bonchev–Trinajstić information content (AvgIpc) is 3.85. The molecule has 3 heteroatoms. The van der Waals surface area contributed by atoms with E-state index in [0.717, 1.165) is 39.2 Å². The minimum absolute atomic E-state index is 0.129. The van der Waals surface area contributed by atoms with Gasteiger partial charge in [-0.2, -0.15) is 0 Å². The number of benzene rings is 9. The molecule has 9 aromatic carbocycles. The molecule has 3 nitrogen and oxygen atoms in total. The largest absolute Gasteiger partial charge is 0.309 e. The molecule has 0 spiro atoms. The first-order valence-electron chi connectivity index (χ1n) is 21.4. The van der Waals surface area contributed by atoms with Crippen molar-refractivity contribution in [1.82, 2.24) is 14.5 Å². The summed E-state index contributed by atoms with van der Waals surface area (Å²) in [7, 11) is 0. The lowest BCUT2D eigenvalue weighted by Gasteiger charge is -2.22. The Bertz CT molecular complexity index is 3620. The second-order valence-corrected chi connectivity index (χ2v) is 18.2. The van der Waals surface area contributed by atoms with Gasteiger partial charge >= 0.3 is 0 Å². The van der Waals surface area contributed by atoms with Crippen LogP contribution in [0.1, 0.15) is 49.9 Å². The minimum Gasteiger partial charge on any atom is -0.309 e. The molecule has 288 valence electrons. The fourth-order valence-corrected chi connectivity index (χ4v) is 11.1. The lowest BCUT2D eigenvalue weighted by atomic mass is 9.81. The summed E-state index contributed by atoms with van der Waals surface area (Å²) in [4.78, 5) is 11.0. The Morgan fingerprint density at radius 3 is 1.51 bits per heavy atom. The highest BCUT2D eigenvalue weighted by atomic mass is 15.0. The summed E-state index contributed by atoms with van der Waals surface area (Å²) >= 11 is 0. The van der Waals surface area contributed by atoms with E-state index in [-0.39, 0.29) is 10.8 Å². The molecule has 0 saturated carbocycles.